The van der Waals surface area contributed by atoms with E-state index in [-0.39, 0.29) is 12.1 Å². The monoisotopic (exact) mass is 254 g/mol. The summed E-state index contributed by atoms with van der Waals surface area (Å²) in [6.07, 6.45) is 2.22. The standard InChI is InChI=1S/C11H14N2O3S/c14-10(15)8-2-1-3-9(8)13-11(16)12-7-4-5-17-6-7/h4-6,8-9H,1-3H2,(H,14,15)(H2,12,13,16). The molecule has 0 spiro atoms. The van der Waals surface area contributed by atoms with Gasteiger partial charge in [0.05, 0.1) is 11.6 Å². The Bertz CT molecular complexity index is 405. The van der Waals surface area contributed by atoms with Crippen LogP contribution in [0.4, 0.5) is 10.5 Å². The summed E-state index contributed by atoms with van der Waals surface area (Å²) in [5, 5.41) is 18.1. The smallest absolute Gasteiger partial charge is 0.319 e. The number of urea groups is 1. The summed E-state index contributed by atoms with van der Waals surface area (Å²) < 4.78 is 0. The van der Waals surface area contributed by atoms with E-state index in [0.717, 1.165) is 18.5 Å². The topological polar surface area (TPSA) is 78.4 Å². The van der Waals surface area contributed by atoms with Gasteiger partial charge >= 0.3 is 12.0 Å². The molecule has 2 amide bonds. The SMILES string of the molecule is O=C(Nc1ccsc1)NC1CCCC1C(=O)O. The Morgan fingerprint density at radius 1 is 1.41 bits per heavy atom. The van der Waals surface area contributed by atoms with Crippen molar-refractivity contribution in [2.24, 2.45) is 5.92 Å². The molecule has 2 atom stereocenters. The zero-order valence-corrected chi connectivity index (χ0v) is 10.00. The maximum atomic E-state index is 11.6. The van der Waals surface area contributed by atoms with E-state index >= 15 is 0 Å². The van der Waals surface area contributed by atoms with Crippen molar-refractivity contribution in [3.63, 3.8) is 0 Å². The molecule has 5 nitrogen and oxygen atoms in total. The van der Waals surface area contributed by atoms with Gasteiger partial charge in [0.1, 0.15) is 0 Å². The molecule has 1 aromatic heterocycles. The summed E-state index contributed by atoms with van der Waals surface area (Å²) in [5.74, 6) is -1.29. The number of hydrogen-bond donors (Lipinski definition) is 3. The summed E-state index contributed by atoms with van der Waals surface area (Å²) >= 11 is 1.49. The second-order valence-corrected chi connectivity index (χ2v) is 4.87. The zero-order valence-electron chi connectivity index (χ0n) is 9.18. The molecule has 0 bridgehead atoms. The van der Waals surface area contributed by atoms with Crippen LogP contribution in [0.3, 0.4) is 0 Å². The normalized spacial score (nSPS) is 23.3. The summed E-state index contributed by atoms with van der Waals surface area (Å²) in [5.41, 5.74) is 0.734. The van der Waals surface area contributed by atoms with Crippen LogP contribution in [0.2, 0.25) is 0 Å². The van der Waals surface area contributed by atoms with Gasteiger partial charge in [-0.3, -0.25) is 4.79 Å². The molecule has 1 aliphatic rings. The zero-order chi connectivity index (χ0) is 12.3. The molecule has 6 heteroatoms. The number of carboxylic acids is 1. The molecule has 0 saturated heterocycles. The van der Waals surface area contributed by atoms with Crippen molar-refractivity contribution in [3.05, 3.63) is 16.8 Å². The fourth-order valence-corrected chi connectivity index (χ4v) is 2.69. The van der Waals surface area contributed by atoms with Gasteiger partial charge in [-0.2, -0.15) is 11.3 Å². The molecule has 0 aromatic carbocycles. The minimum absolute atomic E-state index is 0.258. The van der Waals surface area contributed by atoms with Crippen molar-refractivity contribution in [3.8, 4) is 0 Å². The molecule has 2 rings (SSSR count). The van der Waals surface area contributed by atoms with Crippen LogP contribution < -0.4 is 10.6 Å². The molecule has 3 N–H and O–H groups in total. The van der Waals surface area contributed by atoms with Crippen LogP contribution in [0, 0.1) is 5.92 Å². The number of nitrogens with one attached hydrogen (secondary N) is 2. The second-order valence-electron chi connectivity index (χ2n) is 4.09. The molecule has 1 fully saturated rings. The van der Waals surface area contributed by atoms with E-state index in [1.165, 1.54) is 11.3 Å². The van der Waals surface area contributed by atoms with Crippen molar-refractivity contribution >= 4 is 29.0 Å². The Morgan fingerprint density at radius 3 is 2.88 bits per heavy atom. The van der Waals surface area contributed by atoms with Gasteiger partial charge in [-0.05, 0) is 24.3 Å². The van der Waals surface area contributed by atoms with Crippen LogP contribution in [0.15, 0.2) is 16.8 Å². The summed E-state index contributed by atoms with van der Waals surface area (Å²) in [7, 11) is 0. The summed E-state index contributed by atoms with van der Waals surface area (Å²) in [6, 6.07) is 1.21. The minimum atomic E-state index is -0.830. The molecule has 92 valence electrons. The molecule has 1 aliphatic carbocycles. The predicted molar refractivity (Wildman–Crippen MR) is 65.2 cm³/mol. The van der Waals surface area contributed by atoms with Crippen molar-refractivity contribution < 1.29 is 14.7 Å². The first-order valence-electron chi connectivity index (χ1n) is 5.49. The third-order valence-corrected chi connectivity index (χ3v) is 3.61. The number of carbonyl (C=O) groups is 2. The van der Waals surface area contributed by atoms with Crippen LogP contribution in [0.1, 0.15) is 19.3 Å². The molecule has 0 radical (unpaired) electrons. The number of amides is 2. The fourth-order valence-electron chi connectivity index (χ4n) is 2.10. The van der Waals surface area contributed by atoms with Gasteiger partial charge in [0.15, 0.2) is 0 Å². The molecule has 1 heterocycles. The second kappa shape index (κ2) is 5.18. The number of rotatable bonds is 3. The highest BCUT2D eigenvalue weighted by molar-refractivity contribution is 7.08. The van der Waals surface area contributed by atoms with Crippen molar-refractivity contribution in [2.45, 2.75) is 25.3 Å². The van der Waals surface area contributed by atoms with Crippen molar-refractivity contribution in [1.82, 2.24) is 5.32 Å². The van der Waals surface area contributed by atoms with Crippen molar-refractivity contribution in [1.29, 1.82) is 0 Å². The van der Waals surface area contributed by atoms with Gasteiger partial charge in [0.2, 0.25) is 0 Å². The van der Waals surface area contributed by atoms with E-state index in [2.05, 4.69) is 10.6 Å². The number of thiophene rings is 1. The largest absolute Gasteiger partial charge is 0.481 e. The lowest BCUT2D eigenvalue weighted by Crippen LogP contribution is -2.42. The highest BCUT2D eigenvalue weighted by atomic mass is 32.1. The first-order valence-corrected chi connectivity index (χ1v) is 6.43. The van der Waals surface area contributed by atoms with Crippen LogP contribution in [0.25, 0.3) is 0 Å². The Balaban J connectivity index is 1.88. The van der Waals surface area contributed by atoms with Crippen molar-refractivity contribution in [2.75, 3.05) is 5.32 Å². The number of anilines is 1. The lowest BCUT2D eigenvalue weighted by atomic mass is 10.0. The highest BCUT2D eigenvalue weighted by Crippen LogP contribution is 2.25. The quantitative estimate of drug-likeness (QED) is 0.773. The molecule has 2 unspecified atom stereocenters. The summed E-state index contributed by atoms with van der Waals surface area (Å²) in [4.78, 5) is 22.6. The highest BCUT2D eigenvalue weighted by Gasteiger charge is 2.33. The number of hydrogen-bond acceptors (Lipinski definition) is 3. The fraction of sp³-hybridized carbons (Fsp3) is 0.455. The minimum Gasteiger partial charge on any atom is -0.481 e. The van der Waals surface area contributed by atoms with Crippen LogP contribution in [-0.2, 0) is 4.79 Å². The van der Waals surface area contributed by atoms with E-state index in [9.17, 15) is 9.59 Å². The van der Waals surface area contributed by atoms with Gasteiger partial charge in [0.25, 0.3) is 0 Å². The van der Waals surface area contributed by atoms with Gasteiger partial charge in [-0.15, -0.1) is 0 Å². The number of aliphatic carboxylic acids is 1. The lowest BCUT2D eigenvalue weighted by Gasteiger charge is -2.17. The molecular weight excluding hydrogens is 240 g/mol. The van der Waals surface area contributed by atoms with E-state index < -0.39 is 11.9 Å². The average Bonchev–Trinajstić information content (AvgIpc) is 2.88. The first kappa shape index (κ1) is 11.9. The van der Waals surface area contributed by atoms with E-state index in [4.69, 9.17) is 5.11 Å². The summed E-state index contributed by atoms with van der Waals surface area (Å²) in [6.45, 7) is 0. The van der Waals surface area contributed by atoms with E-state index in [1.54, 1.807) is 6.07 Å². The molecule has 1 saturated carbocycles. The average molecular weight is 254 g/mol. The first-order chi connectivity index (χ1) is 8.16. The Hall–Kier alpha value is -1.56. The van der Waals surface area contributed by atoms with Crippen LogP contribution >= 0.6 is 11.3 Å². The van der Waals surface area contributed by atoms with Gasteiger partial charge in [-0.25, -0.2) is 4.79 Å². The molecule has 1 aromatic rings. The van der Waals surface area contributed by atoms with Crippen LogP contribution in [-0.4, -0.2) is 23.1 Å². The molecule has 17 heavy (non-hydrogen) atoms. The van der Waals surface area contributed by atoms with Gasteiger partial charge in [-0.1, -0.05) is 6.42 Å². The van der Waals surface area contributed by atoms with Gasteiger partial charge < -0.3 is 15.7 Å². The third kappa shape index (κ3) is 2.97. The Morgan fingerprint density at radius 2 is 2.24 bits per heavy atom. The molecule has 0 aliphatic heterocycles. The maximum absolute atomic E-state index is 11.6. The number of carboxylic acid groups (broad SMARTS) is 1. The molecular formula is C11H14N2O3S. The maximum Gasteiger partial charge on any atom is 0.319 e. The predicted octanol–water partition coefficient (Wildman–Crippen LogP) is 2.12. The lowest BCUT2D eigenvalue weighted by molar-refractivity contribution is -0.142. The third-order valence-electron chi connectivity index (χ3n) is 2.93. The Kier molecular flexibility index (Phi) is 3.63. The Labute approximate surface area is 103 Å². The van der Waals surface area contributed by atoms with E-state index in [1.807, 2.05) is 10.8 Å². The van der Waals surface area contributed by atoms with Crippen LogP contribution in [0.5, 0.6) is 0 Å². The van der Waals surface area contributed by atoms with Gasteiger partial charge in [0, 0.05) is 11.4 Å². The number of carbonyl (C=O) groups excluding carboxylic acids is 1. The van der Waals surface area contributed by atoms with E-state index in [0.29, 0.717) is 6.42 Å².